The van der Waals surface area contributed by atoms with Crippen LogP contribution < -0.4 is 4.72 Å². The quantitative estimate of drug-likeness (QED) is 0.776. The zero-order valence-corrected chi connectivity index (χ0v) is 11.0. The largest absolute Gasteiger partial charge is 0.481 e. The molecule has 0 aliphatic rings. The summed E-state index contributed by atoms with van der Waals surface area (Å²) in [6.07, 6.45) is 0.969. The normalized spacial score (nSPS) is 12.6. The lowest BCUT2D eigenvalue weighted by Crippen LogP contribution is -2.29. The van der Waals surface area contributed by atoms with E-state index in [4.69, 9.17) is 10.4 Å². The van der Waals surface area contributed by atoms with Gasteiger partial charge in [-0.2, -0.15) is 5.26 Å². The molecule has 0 aliphatic carbocycles. The first-order valence-corrected chi connectivity index (χ1v) is 6.91. The summed E-state index contributed by atoms with van der Waals surface area (Å²) in [6, 6.07) is 4.36. The van der Waals surface area contributed by atoms with Gasteiger partial charge in [0.25, 0.3) is 0 Å². The molecule has 1 unspecified atom stereocenters. The van der Waals surface area contributed by atoms with Gasteiger partial charge < -0.3 is 5.11 Å². The van der Waals surface area contributed by atoms with Crippen molar-refractivity contribution in [3.8, 4) is 6.07 Å². The van der Waals surface area contributed by atoms with Crippen molar-refractivity contribution in [3.63, 3.8) is 0 Å². The fourth-order valence-electron chi connectivity index (χ4n) is 1.31. The zero-order chi connectivity index (χ0) is 14.5. The van der Waals surface area contributed by atoms with Crippen LogP contribution >= 0.6 is 0 Å². The molecule has 19 heavy (non-hydrogen) atoms. The molecular formula is C11H13N3O4S. The standard InChI is InChI=1S/C11H13N3O4S/c1-8(4-11(15)16)6-14-19(17,18)10-3-2-9(5-12)13-7-10/h2-3,7-8,14H,4,6H2,1H3,(H,15,16). The molecule has 0 fully saturated rings. The van der Waals surface area contributed by atoms with Crippen molar-refractivity contribution < 1.29 is 18.3 Å². The van der Waals surface area contributed by atoms with Gasteiger partial charge in [-0.05, 0) is 18.1 Å². The van der Waals surface area contributed by atoms with Gasteiger partial charge >= 0.3 is 5.97 Å². The zero-order valence-electron chi connectivity index (χ0n) is 10.2. The molecule has 1 aromatic rings. The lowest BCUT2D eigenvalue weighted by molar-refractivity contribution is -0.137. The Balaban J connectivity index is 2.70. The van der Waals surface area contributed by atoms with Crippen LogP contribution in [0.1, 0.15) is 19.0 Å². The SMILES string of the molecule is CC(CNS(=O)(=O)c1ccc(C#N)nc1)CC(=O)O. The molecule has 1 atom stereocenters. The molecule has 1 heterocycles. The van der Waals surface area contributed by atoms with Crippen LogP contribution in [-0.2, 0) is 14.8 Å². The van der Waals surface area contributed by atoms with Gasteiger partial charge in [0.1, 0.15) is 16.7 Å². The third kappa shape index (κ3) is 4.65. The minimum atomic E-state index is -3.73. The number of aliphatic carboxylic acids is 1. The number of nitriles is 1. The molecule has 0 saturated heterocycles. The van der Waals surface area contributed by atoms with E-state index in [-0.39, 0.29) is 29.5 Å². The summed E-state index contributed by atoms with van der Waals surface area (Å²) in [6.45, 7) is 1.66. The Kier molecular flexibility index (Phi) is 4.97. The first-order chi connectivity index (χ1) is 8.85. The third-order valence-corrected chi connectivity index (χ3v) is 3.71. The van der Waals surface area contributed by atoms with Gasteiger partial charge in [-0.1, -0.05) is 6.92 Å². The third-order valence-electron chi connectivity index (χ3n) is 2.31. The second kappa shape index (κ2) is 6.26. The molecule has 0 amide bonds. The maximum Gasteiger partial charge on any atom is 0.303 e. The summed E-state index contributed by atoms with van der Waals surface area (Å²) in [5.74, 6) is -1.30. The maximum atomic E-state index is 11.8. The van der Waals surface area contributed by atoms with Gasteiger partial charge in [0.05, 0.1) is 0 Å². The Labute approximate surface area is 110 Å². The Morgan fingerprint density at radius 2 is 2.26 bits per heavy atom. The molecule has 0 aliphatic heterocycles. The van der Waals surface area contributed by atoms with Crippen LogP contribution in [0.3, 0.4) is 0 Å². The van der Waals surface area contributed by atoms with Crippen LogP contribution in [0.5, 0.6) is 0 Å². The Morgan fingerprint density at radius 1 is 1.58 bits per heavy atom. The number of pyridine rings is 1. The monoisotopic (exact) mass is 283 g/mol. The van der Waals surface area contributed by atoms with Gasteiger partial charge in [-0.25, -0.2) is 18.1 Å². The minimum Gasteiger partial charge on any atom is -0.481 e. The number of rotatable bonds is 6. The van der Waals surface area contributed by atoms with Crippen LogP contribution in [0, 0.1) is 17.2 Å². The molecule has 8 heteroatoms. The van der Waals surface area contributed by atoms with Crippen molar-refractivity contribution in [1.29, 1.82) is 5.26 Å². The molecule has 0 radical (unpaired) electrons. The number of carbonyl (C=O) groups is 1. The maximum absolute atomic E-state index is 11.8. The number of hydrogen-bond acceptors (Lipinski definition) is 5. The summed E-state index contributed by atoms with van der Waals surface area (Å²) >= 11 is 0. The van der Waals surface area contributed by atoms with Crippen molar-refractivity contribution >= 4 is 16.0 Å². The molecule has 1 aromatic heterocycles. The summed E-state index contributed by atoms with van der Waals surface area (Å²) in [5.41, 5.74) is 0.123. The van der Waals surface area contributed by atoms with E-state index in [1.165, 1.54) is 12.1 Å². The average molecular weight is 283 g/mol. The number of nitrogens with zero attached hydrogens (tertiary/aromatic N) is 2. The van der Waals surface area contributed by atoms with E-state index in [9.17, 15) is 13.2 Å². The van der Waals surface area contributed by atoms with Crippen LogP contribution in [0.25, 0.3) is 0 Å². The molecule has 7 nitrogen and oxygen atoms in total. The highest BCUT2D eigenvalue weighted by Gasteiger charge is 2.16. The lowest BCUT2D eigenvalue weighted by atomic mass is 10.1. The number of sulfonamides is 1. The topological polar surface area (TPSA) is 120 Å². The van der Waals surface area contributed by atoms with Gasteiger partial charge in [0.2, 0.25) is 10.0 Å². The second-order valence-corrected chi connectivity index (χ2v) is 5.81. The molecule has 0 saturated carbocycles. The number of carboxylic acid groups (broad SMARTS) is 1. The van der Waals surface area contributed by atoms with Gasteiger partial charge in [-0.3, -0.25) is 4.79 Å². The van der Waals surface area contributed by atoms with Crippen LogP contribution in [0.15, 0.2) is 23.2 Å². The summed E-state index contributed by atoms with van der Waals surface area (Å²) in [5, 5.41) is 17.1. The Hall–Kier alpha value is -1.98. The smallest absolute Gasteiger partial charge is 0.303 e. The summed E-state index contributed by atoms with van der Waals surface area (Å²) in [4.78, 5) is 14.1. The van der Waals surface area contributed by atoms with Crippen LogP contribution in [0.4, 0.5) is 0 Å². The molecule has 1 rings (SSSR count). The van der Waals surface area contributed by atoms with E-state index in [2.05, 4.69) is 9.71 Å². The summed E-state index contributed by atoms with van der Waals surface area (Å²) in [7, 11) is -3.73. The first kappa shape index (κ1) is 15.1. The predicted octanol–water partition coefficient (Wildman–Crippen LogP) is 0.342. The van der Waals surface area contributed by atoms with Crippen molar-refractivity contribution in [2.24, 2.45) is 5.92 Å². The second-order valence-electron chi connectivity index (χ2n) is 4.05. The van der Waals surface area contributed by atoms with E-state index in [0.29, 0.717) is 0 Å². The van der Waals surface area contributed by atoms with Crippen molar-refractivity contribution in [2.45, 2.75) is 18.2 Å². The first-order valence-electron chi connectivity index (χ1n) is 5.43. The molecule has 0 aromatic carbocycles. The van der Waals surface area contributed by atoms with Crippen molar-refractivity contribution in [1.82, 2.24) is 9.71 Å². The number of hydrogen-bond donors (Lipinski definition) is 2. The van der Waals surface area contributed by atoms with Crippen molar-refractivity contribution in [3.05, 3.63) is 24.0 Å². The number of aromatic nitrogens is 1. The van der Waals surface area contributed by atoms with Gasteiger partial charge in [0.15, 0.2) is 0 Å². The van der Waals surface area contributed by atoms with Crippen LogP contribution in [0.2, 0.25) is 0 Å². The molecule has 0 spiro atoms. The molecule has 102 valence electrons. The average Bonchev–Trinajstić information content (AvgIpc) is 2.36. The highest BCUT2D eigenvalue weighted by Crippen LogP contribution is 2.08. The lowest BCUT2D eigenvalue weighted by Gasteiger charge is -2.10. The Bertz CT molecular complexity index is 589. The number of nitrogens with one attached hydrogen (secondary N) is 1. The fraction of sp³-hybridized carbons (Fsp3) is 0.364. The number of carboxylic acids is 1. The fourth-order valence-corrected chi connectivity index (χ4v) is 2.42. The highest BCUT2D eigenvalue weighted by molar-refractivity contribution is 7.89. The summed E-state index contributed by atoms with van der Waals surface area (Å²) < 4.78 is 26.0. The predicted molar refractivity (Wildman–Crippen MR) is 65.6 cm³/mol. The Morgan fingerprint density at radius 3 is 2.74 bits per heavy atom. The van der Waals surface area contributed by atoms with Crippen LogP contribution in [-0.4, -0.2) is 31.0 Å². The van der Waals surface area contributed by atoms with E-state index in [1.807, 2.05) is 0 Å². The minimum absolute atomic E-state index is 0.0225. The van der Waals surface area contributed by atoms with Gasteiger partial charge in [0, 0.05) is 19.2 Å². The molecule has 2 N–H and O–H groups in total. The van der Waals surface area contributed by atoms with E-state index < -0.39 is 16.0 Å². The van der Waals surface area contributed by atoms with E-state index >= 15 is 0 Å². The van der Waals surface area contributed by atoms with Crippen molar-refractivity contribution in [2.75, 3.05) is 6.54 Å². The molecular weight excluding hydrogens is 270 g/mol. The highest BCUT2D eigenvalue weighted by atomic mass is 32.2. The van der Waals surface area contributed by atoms with E-state index in [1.54, 1.807) is 13.0 Å². The van der Waals surface area contributed by atoms with E-state index in [0.717, 1.165) is 6.20 Å². The molecule has 0 bridgehead atoms. The van der Waals surface area contributed by atoms with Gasteiger partial charge in [-0.15, -0.1) is 0 Å².